The Bertz CT molecular complexity index is 1030. The van der Waals surface area contributed by atoms with Crippen LogP contribution in [0.15, 0.2) is 54.6 Å². The number of amides is 1. The number of rotatable bonds is 4. The molecular formula is C28H31F3N2O. The van der Waals surface area contributed by atoms with E-state index in [-0.39, 0.29) is 17.7 Å². The first kappa shape index (κ1) is 22.1. The lowest BCUT2D eigenvalue weighted by Gasteiger charge is -2.41. The lowest BCUT2D eigenvalue weighted by atomic mass is 9.81. The van der Waals surface area contributed by atoms with E-state index in [9.17, 15) is 18.0 Å². The fraction of sp³-hybridized carbons (Fsp3) is 0.536. The largest absolute Gasteiger partial charge is 0.416 e. The Hall–Kier alpha value is -2.34. The minimum atomic E-state index is -4.33. The molecule has 2 aliphatic carbocycles. The minimum absolute atomic E-state index is 0.0149. The predicted octanol–water partition coefficient (Wildman–Crippen LogP) is 5.54. The van der Waals surface area contributed by atoms with Crippen LogP contribution < -0.4 is 0 Å². The third-order valence-electron chi connectivity index (χ3n) is 8.87. The van der Waals surface area contributed by atoms with Gasteiger partial charge in [0.2, 0.25) is 5.91 Å². The summed E-state index contributed by atoms with van der Waals surface area (Å²) < 4.78 is 39.0. The van der Waals surface area contributed by atoms with Crippen molar-refractivity contribution in [2.45, 2.75) is 49.7 Å². The maximum atomic E-state index is 13.0. The number of carbonyl (C=O) groups is 1. The molecule has 0 bridgehead atoms. The zero-order valence-corrected chi connectivity index (χ0v) is 19.3. The smallest absolute Gasteiger partial charge is 0.341 e. The number of fused-ring (bicyclic) bond motifs is 1. The van der Waals surface area contributed by atoms with Gasteiger partial charge in [-0.15, -0.1) is 0 Å². The highest BCUT2D eigenvalue weighted by Crippen LogP contribution is 2.54. The van der Waals surface area contributed by atoms with E-state index >= 15 is 0 Å². The number of halogens is 3. The molecule has 6 heteroatoms. The molecule has 3 atom stereocenters. The topological polar surface area (TPSA) is 23.6 Å². The van der Waals surface area contributed by atoms with Gasteiger partial charge in [-0.05, 0) is 60.6 Å². The van der Waals surface area contributed by atoms with Crippen molar-refractivity contribution in [2.24, 2.45) is 17.8 Å². The first-order valence-electron chi connectivity index (χ1n) is 12.6. The van der Waals surface area contributed by atoms with Crippen molar-refractivity contribution in [1.82, 2.24) is 9.80 Å². The summed E-state index contributed by atoms with van der Waals surface area (Å²) >= 11 is 0. The highest BCUT2D eigenvalue weighted by atomic mass is 19.4. The van der Waals surface area contributed by atoms with Gasteiger partial charge >= 0.3 is 6.18 Å². The average molecular weight is 469 g/mol. The predicted molar refractivity (Wildman–Crippen MR) is 124 cm³/mol. The molecule has 0 N–H and O–H groups in total. The van der Waals surface area contributed by atoms with Crippen molar-refractivity contribution in [2.75, 3.05) is 26.2 Å². The van der Waals surface area contributed by atoms with Crippen LogP contribution in [0.5, 0.6) is 0 Å². The number of alkyl halides is 3. The number of likely N-dealkylation sites (tertiary alicyclic amines) is 2. The van der Waals surface area contributed by atoms with E-state index < -0.39 is 11.7 Å². The Morgan fingerprint density at radius 1 is 0.765 bits per heavy atom. The van der Waals surface area contributed by atoms with E-state index in [1.54, 1.807) is 6.07 Å². The van der Waals surface area contributed by atoms with Gasteiger partial charge in [-0.1, -0.05) is 48.5 Å². The van der Waals surface area contributed by atoms with Crippen molar-refractivity contribution >= 4 is 5.91 Å². The molecule has 2 saturated heterocycles. The molecule has 0 spiro atoms. The van der Waals surface area contributed by atoms with Gasteiger partial charge in [0.05, 0.1) is 5.56 Å². The van der Waals surface area contributed by atoms with Crippen LogP contribution in [0.25, 0.3) is 0 Å². The maximum Gasteiger partial charge on any atom is 0.416 e. The molecule has 2 aromatic rings. The molecule has 1 unspecified atom stereocenters. The lowest BCUT2D eigenvalue weighted by molar-refractivity contribution is -0.139. The van der Waals surface area contributed by atoms with Crippen LogP contribution in [-0.4, -0.2) is 47.9 Å². The molecule has 4 aliphatic rings. The fourth-order valence-corrected chi connectivity index (χ4v) is 6.77. The number of piperidine rings is 1. The van der Waals surface area contributed by atoms with Crippen molar-refractivity contribution < 1.29 is 18.0 Å². The molecule has 2 aliphatic heterocycles. The van der Waals surface area contributed by atoms with Crippen molar-refractivity contribution in [3.05, 3.63) is 71.3 Å². The molecule has 1 amide bonds. The number of benzene rings is 2. The first-order chi connectivity index (χ1) is 16.4. The molecule has 6 rings (SSSR count). The van der Waals surface area contributed by atoms with Crippen LogP contribution in [0.2, 0.25) is 0 Å². The van der Waals surface area contributed by atoms with Crippen LogP contribution >= 0.6 is 0 Å². The fourth-order valence-electron chi connectivity index (χ4n) is 6.77. The summed E-state index contributed by atoms with van der Waals surface area (Å²) in [5.74, 6) is 2.02. The minimum Gasteiger partial charge on any atom is -0.341 e. The van der Waals surface area contributed by atoms with E-state index in [2.05, 4.69) is 35.2 Å². The molecular weight excluding hydrogens is 437 g/mol. The molecule has 4 fully saturated rings. The molecule has 0 aromatic heterocycles. The Kier molecular flexibility index (Phi) is 5.47. The molecule has 34 heavy (non-hydrogen) atoms. The normalized spacial score (nSPS) is 31.7. The molecule has 2 heterocycles. The van der Waals surface area contributed by atoms with Crippen LogP contribution in [0.1, 0.15) is 54.2 Å². The van der Waals surface area contributed by atoms with Gasteiger partial charge in [0.25, 0.3) is 0 Å². The lowest BCUT2D eigenvalue weighted by Crippen LogP contribution is -2.50. The Morgan fingerprint density at radius 3 is 2.06 bits per heavy atom. The number of hydrogen-bond donors (Lipinski definition) is 0. The van der Waals surface area contributed by atoms with Gasteiger partial charge in [-0.2, -0.15) is 13.2 Å². The van der Waals surface area contributed by atoms with E-state index in [4.69, 9.17) is 0 Å². The summed E-state index contributed by atoms with van der Waals surface area (Å²) in [7, 11) is 0. The van der Waals surface area contributed by atoms with Crippen molar-refractivity contribution in [3.8, 4) is 0 Å². The quantitative estimate of drug-likeness (QED) is 0.589. The molecule has 2 aromatic carbocycles. The summed E-state index contributed by atoms with van der Waals surface area (Å²) in [4.78, 5) is 17.5. The highest BCUT2D eigenvalue weighted by Gasteiger charge is 2.61. The second-order valence-electron chi connectivity index (χ2n) is 10.8. The monoisotopic (exact) mass is 468 g/mol. The van der Waals surface area contributed by atoms with E-state index in [0.717, 1.165) is 19.2 Å². The molecule has 180 valence electrons. The summed E-state index contributed by atoms with van der Waals surface area (Å²) in [6.45, 7) is 3.16. The highest BCUT2D eigenvalue weighted by molar-refractivity contribution is 5.83. The second kappa shape index (κ2) is 8.40. The zero-order chi connectivity index (χ0) is 23.4. The molecule has 3 nitrogen and oxygen atoms in total. The maximum absolute atomic E-state index is 13.0. The van der Waals surface area contributed by atoms with Gasteiger partial charge in [0.15, 0.2) is 0 Å². The number of hydrogen-bond acceptors (Lipinski definition) is 2. The van der Waals surface area contributed by atoms with Crippen LogP contribution in [0, 0.1) is 17.8 Å². The van der Waals surface area contributed by atoms with Gasteiger partial charge in [-0.3, -0.25) is 9.69 Å². The van der Waals surface area contributed by atoms with Crippen molar-refractivity contribution in [3.63, 3.8) is 0 Å². The Morgan fingerprint density at radius 2 is 1.41 bits per heavy atom. The van der Waals surface area contributed by atoms with Gasteiger partial charge in [0, 0.05) is 44.1 Å². The van der Waals surface area contributed by atoms with E-state index in [1.165, 1.54) is 43.4 Å². The second-order valence-corrected chi connectivity index (χ2v) is 10.8. The van der Waals surface area contributed by atoms with Gasteiger partial charge in [0.1, 0.15) is 0 Å². The first-order valence-corrected chi connectivity index (χ1v) is 12.6. The van der Waals surface area contributed by atoms with Crippen molar-refractivity contribution in [1.29, 1.82) is 0 Å². The molecule has 2 saturated carbocycles. The van der Waals surface area contributed by atoms with E-state index in [1.807, 2.05) is 4.90 Å². The van der Waals surface area contributed by atoms with Crippen LogP contribution in [-0.2, 0) is 11.0 Å². The SMILES string of the molecule is O=C(C1[C@H]2CN(C3CCC(c4ccccc4)CC3)C[C@@H]12)N1CC(c2cccc(C(F)(F)F)c2)C1. The number of carbonyl (C=O) groups excluding carboxylic acids is 1. The standard InChI is InChI=1S/C28H31F3N2O/c29-28(30,31)22-8-4-7-20(13-22)21-14-33(15-21)27(34)26-24-16-32(17-25(24)26)23-11-9-19(10-12-23)18-5-2-1-3-6-18/h1-8,13,19,21,23-26H,9-12,14-17H2/t19?,23?,24-,25+,26?. The zero-order valence-electron chi connectivity index (χ0n) is 19.3. The number of nitrogens with zero attached hydrogens (tertiary/aromatic N) is 2. The summed E-state index contributed by atoms with van der Waals surface area (Å²) in [6, 6.07) is 17.1. The van der Waals surface area contributed by atoms with Crippen LogP contribution in [0.3, 0.4) is 0 Å². The third-order valence-corrected chi connectivity index (χ3v) is 8.87. The van der Waals surface area contributed by atoms with E-state index in [0.29, 0.717) is 42.4 Å². The van der Waals surface area contributed by atoms with Gasteiger partial charge < -0.3 is 4.90 Å². The Labute approximate surface area is 198 Å². The summed E-state index contributed by atoms with van der Waals surface area (Å²) in [6.07, 6.45) is 0.638. The van der Waals surface area contributed by atoms with Gasteiger partial charge in [-0.25, -0.2) is 0 Å². The third kappa shape index (κ3) is 4.04. The van der Waals surface area contributed by atoms with Crippen LogP contribution in [0.4, 0.5) is 13.2 Å². The average Bonchev–Trinajstić information content (AvgIpc) is 3.31. The summed E-state index contributed by atoms with van der Waals surface area (Å²) in [5.41, 5.74) is 1.55. The molecule has 0 radical (unpaired) electrons. The summed E-state index contributed by atoms with van der Waals surface area (Å²) in [5, 5.41) is 0. The Balaban J connectivity index is 0.971.